The summed E-state index contributed by atoms with van der Waals surface area (Å²) in [5, 5.41) is 0. The molecule has 2 heterocycles. The first kappa shape index (κ1) is 15.3. The van der Waals surface area contributed by atoms with Crippen molar-refractivity contribution in [2.24, 2.45) is 0 Å². The van der Waals surface area contributed by atoms with E-state index in [0.29, 0.717) is 6.54 Å². The third-order valence-electron chi connectivity index (χ3n) is 4.46. The molecule has 1 amide bonds. The van der Waals surface area contributed by atoms with Crippen molar-refractivity contribution in [1.29, 1.82) is 0 Å². The summed E-state index contributed by atoms with van der Waals surface area (Å²) in [7, 11) is 0. The molecule has 2 aliphatic rings. The molecule has 3 rings (SSSR count). The van der Waals surface area contributed by atoms with Crippen molar-refractivity contribution < 1.29 is 9.53 Å². The third kappa shape index (κ3) is 3.78. The molecule has 0 N–H and O–H groups in total. The number of morpholine rings is 1. The Morgan fingerprint density at radius 2 is 1.82 bits per heavy atom. The highest BCUT2D eigenvalue weighted by Gasteiger charge is 2.23. The van der Waals surface area contributed by atoms with Crippen LogP contribution in [0.1, 0.15) is 5.56 Å². The van der Waals surface area contributed by atoms with E-state index in [1.54, 1.807) is 0 Å². The normalized spacial score (nSPS) is 20.2. The van der Waals surface area contributed by atoms with Gasteiger partial charge >= 0.3 is 0 Å². The van der Waals surface area contributed by atoms with Crippen LogP contribution in [0, 0.1) is 6.92 Å². The number of hydrogen-bond donors (Lipinski definition) is 0. The molecule has 1 aromatic carbocycles. The number of anilines is 1. The number of aryl methyl sites for hydroxylation is 1. The van der Waals surface area contributed by atoms with Gasteiger partial charge in [0.2, 0.25) is 5.91 Å². The Morgan fingerprint density at radius 1 is 1.09 bits per heavy atom. The number of carbonyl (C=O) groups excluding carboxylic acids is 1. The Bertz CT molecular complexity index is 506. The summed E-state index contributed by atoms with van der Waals surface area (Å²) < 4.78 is 5.33. The predicted molar refractivity (Wildman–Crippen MR) is 87.2 cm³/mol. The van der Waals surface area contributed by atoms with Crippen LogP contribution in [0.25, 0.3) is 0 Å². The summed E-state index contributed by atoms with van der Waals surface area (Å²) in [5.41, 5.74) is 2.55. The molecule has 0 unspecified atom stereocenters. The number of benzene rings is 1. The van der Waals surface area contributed by atoms with Gasteiger partial charge in [0.05, 0.1) is 19.8 Å². The molecule has 0 aliphatic carbocycles. The Kier molecular flexibility index (Phi) is 4.95. The predicted octanol–water partition coefficient (Wildman–Crippen LogP) is 0.976. The number of nitrogens with zero attached hydrogens (tertiary/aromatic N) is 3. The van der Waals surface area contributed by atoms with E-state index in [4.69, 9.17) is 4.74 Å². The number of amides is 1. The standard InChI is InChI=1S/C17H25N3O2/c1-15-3-2-4-16(13-15)19-5-7-20(8-6-19)17(21)14-18-9-11-22-12-10-18/h2-4,13H,5-12,14H2,1H3. The van der Waals surface area contributed by atoms with Crippen LogP contribution in [0.5, 0.6) is 0 Å². The second-order valence-electron chi connectivity index (χ2n) is 6.10. The van der Waals surface area contributed by atoms with Gasteiger partial charge in [0, 0.05) is 45.0 Å². The van der Waals surface area contributed by atoms with Crippen LogP contribution in [-0.4, -0.2) is 74.7 Å². The largest absolute Gasteiger partial charge is 0.379 e. The molecular formula is C17H25N3O2. The maximum Gasteiger partial charge on any atom is 0.236 e. The van der Waals surface area contributed by atoms with Crippen LogP contribution in [0.15, 0.2) is 24.3 Å². The van der Waals surface area contributed by atoms with Crippen molar-refractivity contribution in [2.45, 2.75) is 6.92 Å². The van der Waals surface area contributed by atoms with E-state index in [9.17, 15) is 4.79 Å². The van der Waals surface area contributed by atoms with E-state index in [-0.39, 0.29) is 5.91 Å². The van der Waals surface area contributed by atoms with E-state index in [2.05, 4.69) is 41.0 Å². The highest BCUT2D eigenvalue weighted by Crippen LogP contribution is 2.17. The first-order valence-electron chi connectivity index (χ1n) is 8.12. The van der Waals surface area contributed by atoms with Gasteiger partial charge in [-0.3, -0.25) is 9.69 Å². The van der Waals surface area contributed by atoms with Gasteiger partial charge in [-0.1, -0.05) is 12.1 Å². The quantitative estimate of drug-likeness (QED) is 0.834. The number of piperazine rings is 1. The Hall–Kier alpha value is -1.59. The fourth-order valence-corrected chi connectivity index (χ4v) is 3.09. The van der Waals surface area contributed by atoms with Crippen LogP contribution in [-0.2, 0) is 9.53 Å². The summed E-state index contributed by atoms with van der Waals surface area (Å²) in [5.74, 6) is 0.255. The van der Waals surface area contributed by atoms with Crippen molar-refractivity contribution >= 4 is 11.6 Å². The lowest BCUT2D eigenvalue weighted by Crippen LogP contribution is -2.52. The van der Waals surface area contributed by atoms with Gasteiger partial charge in [-0.15, -0.1) is 0 Å². The zero-order valence-electron chi connectivity index (χ0n) is 13.3. The third-order valence-corrected chi connectivity index (χ3v) is 4.46. The lowest BCUT2D eigenvalue weighted by Gasteiger charge is -2.37. The molecule has 0 bridgehead atoms. The van der Waals surface area contributed by atoms with E-state index < -0.39 is 0 Å². The molecule has 0 aromatic heterocycles. The minimum atomic E-state index is 0.255. The second kappa shape index (κ2) is 7.11. The number of carbonyl (C=O) groups is 1. The Labute approximate surface area is 132 Å². The smallest absolute Gasteiger partial charge is 0.236 e. The van der Waals surface area contributed by atoms with Crippen molar-refractivity contribution in [3.05, 3.63) is 29.8 Å². The summed E-state index contributed by atoms with van der Waals surface area (Å²) in [6, 6.07) is 8.58. The fraction of sp³-hybridized carbons (Fsp3) is 0.588. The van der Waals surface area contributed by atoms with Crippen LogP contribution in [0.2, 0.25) is 0 Å². The zero-order valence-corrected chi connectivity index (χ0v) is 13.3. The topological polar surface area (TPSA) is 36.0 Å². The van der Waals surface area contributed by atoms with E-state index >= 15 is 0 Å². The van der Waals surface area contributed by atoms with Crippen LogP contribution in [0.4, 0.5) is 5.69 Å². The fourth-order valence-electron chi connectivity index (χ4n) is 3.09. The van der Waals surface area contributed by atoms with E-state index in [0.717, 1.165) is 52.5 Å². The molecule has 2 saturated heterocycles. The molecule has 5 heteroatoms. The molecular weight excluding hydrogens is 278 g/mol. The summed E-state index contributed by atoms with van der Waals surface area (Å²) in [6.07, 6.45) is 0. The maximum atomic E-state index is 12.4. The first-order chi connectivity index (χ1) is 10.7. The molecule has 0 radical (unpaired) electrons. The molecule has 2 aliphatic heterocycles. The van der Waals surface area contributed by atoms with Crippen molar-refractivity contribution in [2.75, 3.05) is 63.9 Å². The van der Waals surface area contributed by atoms with Crippen molar-refractivity contribution in [3.63, 3.8) is 0 Å². The van der Waals surface area contributed by atoms with Gasteiger partial charge < -0.3 is 14.5 Å². The summed E-state index contributed by atoms with van der Waals surface area (Å²) in [4.78, 5) is 19.0. The summed E-state index contributed by atoms with van der Waals surface area (Å²) >= 11 is 0. The van der Waals surface area contributed by atoms with Gasteiger partial charge in [-0.25, -0.2) is 0 Å². The molecule has 2 fully saturated rings. The Balaban J connectivity index is 1.49. The Morgan fingerprint density at radius 3 is 2.50 bits per heavy atom. The maximum absolute atomic E-state index is 12.4. The molecule has 0 saturated carbocycles. The second-order valence-corrected chi connectivity index (χ2v) is 6.10. The first-order valence-corrected chi connectivity index (χ1v) is 8.12. The van der Waals surface area contributed by atoms with Gasteiger partial charge in [0.1, 0.15) is 0 Å². The molecule has 120 valence electrons. The van der Waals surface area contributed by atoms with Crippen LogP contribution >= 0.6 is 0 Å². The van der Waals surface area contributed by atoms with Crippen LogP contribution in [0.3, 0.4) is 0 Å². The average molecular weight is 303 g/mol. The molecule has 22 heavy (non-hydrogen) atoms. The van der Waals surface area contributed by atoms with Gasteiger partial charge in [0.25, 0.3) is 0 Å². The number of hydrogen-bond acceptors (Lipinski definition) is 4. The van der Waals surface area contributed by atoms with E-state index in [1.807, 2.05) is 4.90 Å². The number of ether oxygens (including phenoxy) is 1. The van der Waals surface area contributed by atoms with E-state index in [1.165, 1.54) is 11.3 Å². The molecule has 0 spiro atoms. The van der Waals surface area contributed by atoms with Crippen molar-refractivity contribution in [1.82, 2.24) is 9.80 Å². The van der Waals surface area contributed by atoms with Crippen LogP contribution < -0.4 is 4.90 Å². The highest BCUT2D eigenvalue weighted by atomic mass is 16.5. The van der Waals surface area contributed by atoms with Crippen molar-refractivity contribution in [3.8, 4) is 0 Å². The lowest BCUT2D eigenvalue weighted by atomic mass is 10.2. The zero-order chi connectivity index (χ0) is 15.4. The molecule has 0 atom stereocenters. The minimum Gasteiger partial charge on any atom is -0.379 e. The number of rotatable bonds is 3. The highest BCUT2D eigenvalue weighted by molar-refractivity contribution is 5.78. The minimum absolute atomic E-state index is 0.255. The van der Waals surface area contributed by atoms with Gasteiger partial charge in [-0.2, -0.15) is 0 Å². The monoisotopic (exact) mass is 303 g/mol. The SMILES string of the molecule is Cc1cccc(N2CCN(C(=O)CN3CCOCC3)CC2)c1. The lowest BCUT2D eigenvalue weighted by molar-refractivity contribution is -0.133. The average Bonchev–Trinajstić information content (AvgIpc) is 2.56. The summed E-state index contributed by atoms with van der Waals surface area (Å²) in [6.45, 7) is 9.34. The van der Waals surface area contributed by atoms with Gasteiger partial charge in [0.15, 0.2) is 0 Å². The van der Waals surface area contributed by atoms with Gasteiger partial charge in [-0.05, 0) is 24.6 Å². The molecule has 5 nitrogen and oxygen atoms in total. The molecule has 1 aromatic rings.